The van der Waals surface area contributed by atoms with Crippen LogP contribution in [0.3, 0.4) is 0 Å². The summed E-state index contributed by atoms with van der Waals surface area (Å²) in [5.74, 6) is -10.4. The van der Waals surface area contributed by atoms with Gasteiger partial charge >= 0.3 is 12.4 Å². The molecular weight excluding hydrogens is 586 g/mol. The van der Waals surface area contributed by atoms with Crippen molar-refractivity contribution in [2.45, 2.75) is 55.5 Å². The van der Waals surface area contributed by atoms with Crippen LogP contribution in [0.4, 0.5) is 26.3 Å². The van der Waals surface area contributed by atoms with Crippen molar-refractivity contribution in [3.63, 3.8) is 0 Å². The normalized spacial score (nSPS) is 22.0. The number of ketones is 4. The molecular formula is C29H20F6N2O6. The summed E-state index contributed by atoms with van der Waals surface area (Å²) in [7, 11) is 0. The summed E-state index contributed by atoms with van der Waals surface area (Å²) in [5, 5.41) is 4.88. The van der Waals surface area contributed by atoms with Gasteiger partial charge < -0.3 is 10.6 Å². The zero-order chi connectivity index (χ0) is 31.2. The molecule has 6 rings (SSSR count). The van der Waals surface area contributed by atoms with Gasteiger partial charge in [-0.05, 0) is 48.9 Å². The Balaban J connectivity index is 1.46. The number of nitrogens with one attached hydrogen (secondary N) is 2. The number of alkyl halides is 6. The average Bonchev–Trinajstić information content (AvgIpc) is 3.84. The first-order valence-corrected chi connectivity index (χ1v) is 13.3. The predicted molar refractivity (Wildman–Crippen MR) is 132 cm³/mol. The summed E-state index contributed by atoms with van der Waals surface area (Å²) in [6, 6.07) is 2.13. The van der Waals surface area contributed by atoms with Crippen LogP contribution in [0.15, 0.2) is 36.4 Å². The Morgan fingerprint density at radius 2 is 0.884 bits per heavy atom. The Kier molecular flexibility index (Phi) is 6.23. The van der Waals surface area contributed by atoms with E-state index in [1.165, 1.54) is 0 Å². The second-order valence-electron chi connectivity index (χ2n) is 11.2. The maximum absolute atomic E-state index is 14.9. The Labute approximate surface area is 238 Å². The lowest BCUT2D eigenvalue weighted by Crippen LogP contribution is -2.55. The van der Waals surface area contributed by atoms with Crippen molar-refractivity contribution in [3.8, 4) is 0 Å². The van der Waals surface area contributed by atoms with E-state index in [9.17, 15) is 55.1 Å². The molecule has 0 spiro atoms. The predicted octanol–water partition coefficient (Wildman–Crippen LogP) is 3.64. The van der Waals surface area contributed by atoms with E-state index in [4.69, 9.17) is 0 Å². The van der Waals surface area contributed by atoms with Crippen LogP contribution in [0.1, 0.15) is 78.2 Å². The minimum atomic E-state index is -6.13. The van der Waals surface area contributed by atoms with E-state index < -0.39 is 97.9 Å². The van der Waals surface area contributed by atoms with Crippen LogP contribution in [-0.4, -0.2) is 59.4 Å². The number of Topliss-reactive ketones (excluding diaryl/α,β-unsaturated/α-hetero) is 4. The fourth-order valence-corrected chi connectivity index (χ4v) is 5.74. The van der Waals surface area contributed by atoms with Gasteiger partial charge in [0.25, 0.3) is 0 Å². The lowest BCUT2D eigenvalue weighted by atomic mass is 9.71. The van der Waals surface area contributed by atoms with E-state index in [0.717, 1.165) is 0 Å². The summed E-state index contributed by atoms with van der Waals surface area (Å²) in [6.45, 7) is 0. The molecule has 224 valence electrons. The number of amides is 2. The molecule has 0 aliphatic heterocycles. The SMILES string of the molecule is O=C(NC1CC1)C1C(=O)c2ccc(C(c3ccc4c(c3)C(=O)C(C(=O)NC3CC3)C4=O)(C(F)(F)F)C(F)(F)F)cc2C1=O. The van der Waals surface area contributed by atoms with E-state index in [2.05, 4.69) is 10.6 Å². The third-order valence-electron chi connectivity index (χ3n) is 8.24. The van der Waals surface area contributed by atoms with Crippen molar-refractivity contribution in [2.24, 2.45) is 11.8 Å². The smallest absolute Gasteiger partial charge is 0.352 e. The number of halogens is 6. The molecule has 4 aliphatic rings. The topological polar surface area (TPSA) is 126 Å². The van der Waals surface area contributed by atoms with Gasteiger partial charge in [0.2, 0.25) is 17.2 Å². The van der Waals surface area contributed by atoms with Crippen molar-refractivity contribution in [2.75, 3.05) is 0 Å². The van der Waals surface area contributed by atoms with Crippen molar-refractivity contribution < 1.29 is 55.1 Å². The highest BCUT2D eigenvalue weighted by Crippen LogP contribution is 2.57. The van der Waals surface area contributed by atoms with Crippen LogP contribution in [-0.2, 0) is 15.0 Å². The molecule has 43 heavy (non-hydrogen) atoms. The first kappa shape index (κ1) is 28.7. The Bertz CT molecular complexity index is 1530. The number of hydrogen-bond donors (Lipinski definition) is 2. The maximum atomic E-state index is 14.9. The average molecular weight is 606 g/mol. The summed E-state index contributed by atoms with van der Waals surface area (Å²) >= 11 is 0. The molecule has 0 aromatic heterocycles. The molecule has 2 amide bonds. The van der Waals surface area contributed by atoms with Crippen molar-refractivity contribution in [3.05, 3.63) is 69.8 Å². The lowest BCUT2D eigenvalue weighted by Gasteiger charge is -2.38. The molecule has 2 saturated carbocycles. The van der Waals surface area contributed by atoms with Crippen LogP contribution in [0.25, 0.3) is 0 Å². The largest absolute Gasteiger partial charge is 0.411 e. The lowest BCUT2D eigenvalue weighted by molar-refractivity contribution is -0.288. The Morgan fingerprint density at radius 3 is 1.19 bits per heavy atom. The molecule has 0 bridgehead atoms. The zero-order valence-corrected chi connectivity index (χ0v) is 21.8. The van der Waals surface area contributed by atoms with Gasteiger partial charge in [-0.25, -0.2) is 0 Å². The Hall–Kier alpha value is -4.36. The number of carbonyl (C=O) groups is 6. The Morgan fingerprint density at radius 1 is 0.558 bits per heavy atom. The van der Waals surface area contributed by atoms with Crippen molar-refractivity contribution in [1.29, 1.82) is 0 Å². The van der Waals surface area contributed by atoms with E-state index in [0.29, 0.717) is 62.1 Å². The first-order chi connectivity index (χ1) is 20.1. The third-order valence-corrected chi connectivity index (χ3v) is 8.24. The quantitative estimate of drug-likeness (QED) is 0.382. The first-order valence-electron chi connectivity index (χ1n) is 13.3. The maximum Gasteiger partial charge on any atom is 0.411 e. The monoisotopic (exact) mass is 606 g/mol. The van der Waals surface area contributed by atoms with Gasteiger partial charge in [0.15, 0.2) is 35.0 Å². The molecule has 2 fully saturated rings. The van der Waals surface area contributed by atoms with Gasteiger partial charge in [-0.2, -0.15) is 26.3 Å². The minimum Gasteiger partial charge on any atom is -0.352 e. The van der Waals surface area contributed by atoms with Crippen molar-refractivity contribution >= 4 is 34.9 Å². The standard InChI is InChI=1S/C29H20F6N2O6/c30-28(31,32)27(29(33,34)35,11-1-7-15-17(9-11)23(40)19(21(15)38)25(42)36-13-3-4-13)12-2-8-16-18(10-12)24(41)20(22(16)39)26(43)37-14-5-6-14/h1-2,7-10,13-14,19-20H,3-6H2,(H,36,42)(H,37,43). The van der Waals surface area contributed by atoms with Gasteiger partial charge in [-0.1, -0.05) is 24.3 Å². The molecule has 2 aromatic carbocycles. The molecule has 2 unspecified atom stereocenters. The molecule has 2 aromatic rings. The van der Waals surface area contributed by atoms with Crippen LogP contribution >= 0.6 is 0 Å². The van der Waals surface area contributed by atoms with Gasteiger partial charge in [-0.3, -0.25) is 28.8 Å². The van der Waals surface area contributed by atoms with Crippen LogP contribution in [0, 0.1) is 11.8 Å². The van der Waals surface area contributed by atoms with Gasteiger partial charge in [0, 0.05) is 34.3 Å². The second kappa shape index (κ2) is 9.32. The molecule has 4 aliphatic carbocycles. The summed E-state index contributed by atoms with van der Waals surface area (Å²) in [5.41, 5.74) is -10.4. The number of benzene rings is 2. The van der Waals surface area contributed by atoms with Crippen LogP contribution in [0.2, 0.25) is 0 Å². The molecule has 14 heteroatoms. The highest BCUT2D eigenvalue weighted by molar-refractivity contribution is 6.36. The molecule has 0 saturated heterocycles. The fraction of sp³-hybridized carbons (Fsp3) is 0.379. The number of rotatable bonds is 6. The second-order valence-corrected chi connectivity index (χ2v) is 11.2. The summed E-state index contributed by atoms with van der Waals surface area (Å²) < 4.78 is 89.1. The van der Waals surface area contributed by atoms with E-state index in [1.807, 2.05) is 0 Å². The van der Waals surface area contributed by atoms with Crippen LogP contribution in [0.5, 0.6) is 0 Å². The zero-order valence-electron chi connectivity index (χ0n) is 21.8. The molecule has 8 nitrogen and oxygen atoms in total. The number of fused-ring (bicyclic) bond motifs is 2. The minimum absolute atomic E-state index is 0.274. The molecule has 2 atom stereocenters. The molecule has 0 heterocycles. The number of hydrogen-bond acceptors (Lipinski definition) is 6. The third kappa shape index (κ3) is 4.28. The van der Waals surface area contributed by atoms with E-state index >= 15 is 0 Å². The summed E-state index contributed by atoms with van der Waals surface area (Å²) in [6.07, 6.45) is -9.87. The molecule has 0 radical (unpaired) electrons. The highest BCUT2D eigenvalue weighted by Gasteiger charge is 2.73. The van der Waals surface area contributed by atoms with E-state index in [1.54, 1.807) is 0 Å². The van der Waals surface area contributed by atoms with Crippen LogP contribution < -0.4 is 10.6 Å². The highest BCUT2D eigenvalue weighted by atomic mass is 19.4. The van der Waals surface area contributed by atoms with Crippen molar-refractivity contribution in [1.82, 2.24) is 10.6 Å². The van der Waals surface area contributed by atoms with E-state index in [-0.39, 0.29) is 12.1 Å². The summed E-state index contributed by atoms with van der Waals surface area (Å²) in [4.78, 5) is 76.6. The van der Waals surface area contributed by atoms with Gasteiger partial charge in [0.1, 0.15) is 0 Å². The van der Waals surface area contributed by atoms with Gasteiger partial charge in [0.05, 0.1) is 0 Å². The number of carbonyl (C=O) groups excluding carboxylic acids is 6. The molecule has 2 N–H and O–H groups in total. The van der Waals surface area contributed by atoms with Gasteiger partial charge in [-0.15, -0.1) is 0 Å². The fourth-order valence-electron chi connectivity index (χ4n) is 5.74.